The summed E-state index contributed by atoms with van der Waals surface area (Å²) < 4.78 is 11.0. The number of esters is 2. The monoisotopic (exact) mass is 352 g/mol. The van der Waals surface area contributed by atoms with Crippen molar-refractivity contribution in [1.29, 1.82) is 0 Å². The third kappa shape index (κ3) is 3.50. The summed E-state index contributed by atoms with van der Waals surface area (Å²) in [5.74, 6) is -0.683. The lowest BCUT2D eigenvalue weighted by Crippen LogP contribution is -2.43. The van der Waals surface area contributed by atoms with Crippen molar-refractivity contribution in [2.75, 3.05) is 7.11 Å². The Kier molecular flexibility index (Phi) is 5.40. The van der Waals surface area contributed by atoms with Gasteiger partial charge < -0.3 is 9.47 Å². The second-order valence-corrected chi connectivity index (χ2v) is 6.91. The molecule has 0 radical (unpaired) electrons. The lowest BCUT2D eigenvalue weighted by atomic mass is 9.78. The normalized spacial score (nSPS) is 22.0. The molecule has 2 aromatic carbocycles. The van der Waals surface area contributed by atoms with E-state index in [0.717, 1.165) is 17.5 Å². The van der Waals surface area contributed by atoms with E-state index in [1.165, 1.54) is 7.11 Å². The SMILES string of the molecule is COC(=O)C1(Cc2ccccc2)CCCC1OC(=O)c1ccccc1C. The lowest BCUT2D eigenvalue weighted by Gasteiger charge is -2.32. The van der Waals surface area contributed by atoms with Gasteiger partial charge in [-0.2, -0.15) is 0 Å². The molecule has 4 nitrogen and oxygen atoms in total. The minimum absolute atomic E-state index is 0.304. The topological polar surface area (TPSA) is 52.6 Å². The van der Waals surface area contributed by atoms with Crippen LogP contribution in [0.1, 0.15) is 40.7 Å². The Hall–Kier alpha value is -2.62. The third-order valence-electron chi connectivity index (χ3n) is 5.27. The van der Waals surface area contributed by atoms with E-state index in [1.807, 2.05) is 55.5 Å². The van der Waals surface area contributed by atoms with Gasteiger partial charge >= 0.3 is 11.9 Å². The summed E-state index contributed by atoms with van der Waals surface area (Å²) in [5, 5.41) is 0. The molecule has 0 aromatic heterocycles. The number of carbonyl (C=O) groups excluding carboxylic acids is 2. The summed E-state index contributed by atoms with van der Waals surface area (Å²) in [6.45, 7) is 1.88. The van der Waals surface area contributed by atoms with Gasteiger partial charge in [-0.25, -0.2) is 4.79 Å². The molecule has 4 heteroatoms. The molecule has 3 rings (SSSR count). The van der Waals surface area contributed by atoms with E-state index < -0.39 is 11.5 Å². The quantitative estimate of drug-likeness (QED) is 0.760. The van der Waals surface area contributed by atoms with E-state index in [4.69, 9.17) is 9.47 Å². The molecular weight excluding hydrogens is 328 g/mol. The van der Waals surface area contributed by atoms with Gasteiger partial charge in [0.05, 0.1) is 12.7 Å². The van der Waals surface area contributed by atoms with Crippen LogP contribution >= 0.6 is 0 Å². The predicted octanol–water partition coefficient (Wildman–Crippen LogP) is 4.11. The van der Waals surface area contributed by atoms with Crippen LogP contribution in [0.15, 0.2) is 54.6 Å². The maximum absolute atomic E-state index is 12.7. The molecule has 2 unspecified atom stereocenters. The van der Waals surface area contributed by atoms with E-state index in [0.29, 0.717) is 24.8 Å². The Morgan fingerprint density at radius 3 is 2.46 bits per heavy atom. The van der Waals surface area contributed by atoms with E-state index >= 15 is 0 Å². The van der Waals surface area contributed by atoms with Crippen LogP contribution in [0.25, 0.3) is 0 Å². The van der Waals surface area contributed by atoms with Crippen molar-refractivity contribution in [2.24, 2.45) is 5.41 Å². The molecule has 1 aliphatic rings. The summed E-state index contributed by atoms with van der Waals surface area (Å²) in [6, 6.07) is 17.1. The highest BCUT2D eigenvalue weighted by Crippen LogP contribution is 2.44. The molecule has 2 aromatic rings. The number of hydrogen-bond acceptors (Lipinski definition) is 4. The zero-order valence-electron chi connectivity index (χ0n) is 15.2. The number of benzene rings is 2. The molecule has 0 heterocycles. The molecule has 1 saturated carbocycles. The highest BCUT2D eigenvalue weighted by Gasteiger charge is 2.52. The number of aryl methyl sites for hydroxylation is 1. The molecule has 0 bridgehead atoms. The Labute approximate surface area is 154 Å². The summed E-state index contributed by atoms with van der Waals surface area (Å²) in [5.41, 5.74) is 1.62. The second kappa shape index (κ2) is 7.73. The Morgan fingerprint density at radius 2 is 1.77 bits per heavy atom. The predicted molar refractivity (Wildman–Crippen MR) is 98.8 cm³/mol. The number of hydrogen-bond donors (Lipinski definition) is 0. The fourth-order valence-electron chi connectivity index (χ4n) is 3.88. The first kappa shape index (κ1) is 18.2. The van der Waals surface area contributed by atoms with Gasteiger partial charge in [-0.1, -0.05) is 48.5 Å². The molecule has 0 aliphatic heterocycles. The van der Waals surface area contributed by atoms with Gasteiger partial charge in [0, 0.05) is 0 Å². The van der Waals surface area contributed by atoms with Crippen molar-refractivity contribution in [3.63, 3.8) is 0 Å². The summed E-state index contributed by atoms with van der Waals surface area (Å²) in [7, 11) is 1.40. The van der Waals surface area contributed by atoms with Crippen LogP contribution in [0.2, 0.25) is 0 Å². The molecule has 1 fully saturated rings. The van der Waals surface area contributed by atoms with Gasteiger partial charge in [-0.3, -0.25) is 4.79 Å². The maximum atomic E-state index is 12.7. The molecule has 0 amide bonds. The fourth-order valence-corrected chi connectivity index (χ4v) is 3.88. The van der Waals surface area contributed by atoms with Gasteiger partial charge in [0.2, 0.25) is 0 Å². The van der Waals surface area contributed by atoms with Crippen molar-refractivity contribution < 1.29 is 19.1 Å². The van der Waals surface area contributed by atoms with Crippen LogP contribution in [-0.4, -0.2) is 25.2 Å². The minimum Gasteiger partial charge on any atom is -0.468 e. The number of rotatable bonds is 5. The van der Waals surface area contributed by atoms with Crippen LogP contribution in [0.3, 0.4) is 0 Å². The highest BCUT2D eigenvalue weighted by molar-refractivity contribution is 5.91. The fraction of sp³-hybridized carbons (Fsp3) is 0.364. The highest BCUT2D eigenvalue weighted by atomic mass is 16.6. The standard InChI is InChI=1S/C22H24O4/c1-16-9-6-7-12-18(16)20(23)26-19-13-8-14-22(19,21(24)25-2)15-17-10-4-3-5-11-17/h3-7,9-12,19H,8,13-15H2,1-2H3. The number of methoxy groups -OCH3 is 1. The largest absolute Gasteiger partial charge is 0.468 e. The molecule has 2 atom stereocenters. The van der Waals surface area contributed by atoms with Crippen molar-refractivity contribution in [1.82, 2.24) is 0 Å². The molecule has 1 aliphatic carbocycles. The van der Waals surface area contributed by atoms with Gasteiger partial charge in [-0.05, 0) is 49.8 Å². The van der Waals surface area contributed by atoms with Crippen molar-refractivity contribution >= 4 is 11.9 Å². The summed E-state index contributed by atoms with van der Waals surface area (Å²) >= 11 is 0. The smallest absolute Gasteiger partial charge is 0.338 e. The molecule has 26 heavy (non-hydrogen) atoms. The minimum atomic E-state index is -0.825. The first-order valence-corrected chi connectivity index (χ1v) is 8.96. The summed E-state index contributed by atoms with van der Waals surface area (Å²) in [4.78, 5) is 25.4. The van der Waals surface area contributed by atoms with E-state index in [-0.39, 0.29) is 11.9 Å². The number of carbonyl (C=O) groups is 2. The lowest BCUT2D eigenvalue weighted by molar-refractivity contribution is -0.158. The molecule has 136 valence electrons. The van der Waals surface area contributed by atoms with Gasteiger partial charge in [-0.15, -0.1) is 0 Å². The third-order valence-corrected chi connectivity index (χ3v) is 5.27. The van der Waals surface area contributed by atoms with Crippen LogP contribution < -0.4 is 0 Å². The van der Waals surface area contributed by atoms with Gasteiger partial charge in [0.1, 0.15) is 11.5 Å². The maximum Gasteiger partial charge on any atom is 0.338 e. The van der Waals surface area contributed by atoms with Gasteiger partial charge in [0.15, 0.2) is 0 Å². The average Bonchev–Trinajstić information content (AvgIpc) is 3.05. The van der Waals surface area contributed by atoms with E-state index in [1.54, 1.807) is 6.07 Å². The zero-order valence-corrected chi connectivity index (χ0v) is 15.2. The van der Waals surface area contributed by atoms with E-state index in [9.17, 15) is 9.59 Å². The van der Waals surface area contributed by atoms with Crippen molar-refractivity contribution in [2.45, 2.75) is 38.7 Å². The first-order valence-electron chi connectivity index (χ1n) is 8.96. The van der Waals surface area contributed by atoms with Crippen LogP contribution in [0.5, 0.6) is 0 Å². The Balaban J connectivity index is 1.87. The molecule has 0 N–H and O–H groups in total. The van der Waals surface area contributed by atoms with Crippen LogP contribution in [0.4, 0.5) is 0 Å². The van der Waals surface area contributed by atoms with Crippen molar-refractivity contribution in [3.8, 4) is 0 Å². The number of ether oxygens (including phenoxy) is 2. The average molecular weight is 352 g/mol. The summed E-state index contributed by atoms with van der Waals surface area (Å²) in [6.07, 6.45) is 2.17. The molecule has 0 spiro atoms. The zero-order chi connectivity index (χ0) is 18.6. The van der Waals surface area contributed by atoms with Gasteiger partial charge in [0.25, 0.3) is 0 Å². The first-order chi connectivity index (χ1) is 12.6. The molecular formula is C22H24O4. The van der Waals surface area contributed by atoms with Crippen LogP contribution in [-0.2, 0) is 20.7 Å². The van der Waals surface area contributed by atoms with Crippen LogP contribution in [0, 0.1) is 12.3 Å². The van der Waals surface area contributed by atoms with Crippen molar-refractivity contribution in [3.05, 3.63) is 71.3 Å². The van der Waals surface area contributed by atoms with E-state index in [2.05, 4.69) is 0 Å². The Bertz CT molecular complexity index is 784. The molecule has 0 saturated heterocycles. The Morgan fingerprint density at radius 1 is 1.08 bits per heavy atom. The second-order valence-electron chi connectivity index (χ2n) is 6.91.